The number of fused-ring (bicyclic) bond motifs is 1. The van der Waals surface area contributed by atoms with Crippen molar-refractivity contribution in [3.63, 3.8) is 0 Å². The molecule has 0 amide bonds. The van der Waals surface area contributed by atoms with Gasteiger partial charge in [0.25, 0.3) is 0 Å². The maximum Gasteiger partial charge on any atom is 0.117 e. The molecule has 0 atom stereocenters. The number of rotatable bonds is 3. The molecule has 4 nitrogen and oxygen atoms in total. The zero-order chi connectivity index (χ0) is 16.4. The highest BCUT2D eigenvalue weighted by molar-refractivity contribution is 5.95. The first-order valence-corrected chi connectivity index (χ1v) is 7.65. The number of pyridine rings is 2. The molecule has 0 saturated heterocycles. The van der Waals surface area contributed by atoms with Crippen LogP contribution < -0.4 is 5.32 Å². The highest BCUT2D eigenvalue weighted by Gasteiger charge is 2.05. The number of phenolic OH excluding ortho intramolecular Hbond substituents is 1. The van der Waals surface area contributed by atoms with E-state index < -0.39 is 0 Å². The molecule has 2 N–H and O–H groups in total. The topological polar surface area (TPSA) is 58.0 Å². The molecule has 0 saturated carbocycles. The molecule has 124 valence electrons. The lowest BCUT2D eigenvalue weighted by Crippen LogP contribution is -1.92. The Morgan fingerprint density at radius 2 is 1.64 bits per heavy atom. The third kappa shape index (κ3) is 3.54. The normalized spacial score (nSPS) is 10.2. The zero-order valence-corrected chi connectivity index (χ0v) is 14.1. The van der Waals surface area contributed by atoms with E-state index in [1.807, 2.05) is 30.3 Å². The number of hydrogen-bond acceptors (Lipinski definition) is 4. The standard InChI is InChI=1S/C20H15N3O.ClH/c24-17-3-1-2-16(13-17)23-19-8-11-22-20-12-15(4-5-18(19)20)14-6-9-21-10-7-14;/h1-13,24H,(H,22,23);1H. The molecule has 0 aliphatic heterocycles. The number of benzene rings is 2. The number of nitrogens with zero attached hydrogens (tertiary/aromatic N) is 2. The Hall–Kier alpha value is -3.11. The van der Waals surface area contributed by atoms with Crippen molar-refractivity contribution >= 4 is 34.7 Å². The summed E-state index contributed by atoms with van der Waals surface area (Å²) in [7, 11) is 0. The summed E-state index contributed by atoms with van der Waals surface area (Å²) in [4.78, 5) is 8.54. The molecule has 0 aliphatic rings. The fraction of sp³-hybridized carbons (Fsp3) is 0. The molecule has 4 rings (SSSR count). The third-order valence-corrected chi connectivity index (χ3v) is 3.88. The van der Waals surface area contributed by atoms with Crippen LogP contribution in [0.25, 0.3) is 22.0 Å². The van der Waals surface area contributed by atoms with Crippen LogP contribution in [0.15, 0.2) is 79.3 Å². The van der Waals surface area contributed by atoms with E-state index in [4.69, 9.17) is 0 Å². The van der Waals surface area contributed by atoms with Crippen LogP contribution in [-0.2, 0) is 0 Å². The molecule has 5 heteroatoms. The Morgan fingerprint density at radius 1 is 0.800 bits per heavy atom. The lowest BCUT2D eigenvalue weighted by atomic mass is 10.0. The van der Waals surface area contributed by atoms with Crippen molar-refractivity contribution in [1.29, 1.82) is 0 Å². The molecule has 0 bridgehead atoms. The maximum atomic E-state index is 9.61. The van der Waals surface area contributed by atoms with Gasteiger partial charge < -0.3 is 10.4 Å². The molecule has 0 radical (unpaired) electrons. The maximum absolute atomic E-state index is 9.61. The third-order valence-electron chi connectivity index (χ3n) is 3.88. The van der Waals surface area contributed by atoms with Gasteiger partial charge >= 0.3 is 0 Å². The number of anilines is 2. The summed E-state index contributed by atoms with van der Waals surface area (Å²) in [5.74, 6) is 0.235. The summed E-state index contributed by atoms with van der Waals surface area (Å²) in [5, 5.41) is 14.0. The van der Waals surface area contributed by atoms with Crippen LogP contribution in [0.3, 0.4) is 0 Å². The molecule has 0 aliphatic carbocycles. The van der Waals surface area contributed by atoms with Gasteiger partial charge in [-0.25, -0.2) is 0 Å². The van der Waals surface area contributed by atoms with Gasteiger partial charge in [-0.3, -0.25) is 9.97 Å². The van der Waals surface area contributed by atoms with Crippen LogP contribution in [0, 0.1) is 0 Å². The van der Waals surface area contributed by atoms with Crippen LogP contribution in [0.4, 0.5) is 11.4 Å². The monoisotopic (exact) mass is 349 g/mol. The largest absolute Gasteiger partial charge is 0.508 e. The van der Waals surface area contributed by atoms with Gasteiger partial charge in [0.05, 0.1) is 5.52 Å². The number of halogens is 1. The Kier molecular flexibility index (Phi) is 4.82. The predicted molar refractivity (Wildman–Crippen MR) is 104 cm³/mol. The first kappa shape index (κ1) is 16.7. The average molecular weight is 350 g/mol. The second-order valence-electron chi connectivity index (χ2n) is 5.50. The lowest BCUT2D eigenvalue weighted by Gasteiger charge is -2.11. The van der Waals surface area contributed by atoms with E-state index in [0.29, 0.717) is 0 Å². The lowest BCUT2D eigenvalue weighted by molar-refractivity contribution is 0.475. The quantitative estimate of drug-likeness (QED) is 0.536. The van der Waals surface area contributed by atoms with E-state index in [9.17, 15) is 5.11 Å². The van der Waals surface area contributed by atoms with Crippen molar-refractivity contribution in [1.82, 2.24) is 9.97 Å². The summed E-state index contributed by atoms with van der Waals surface area (Å²) in [6.07, 6.45) is 5.35. The summed E-state index contributed by atoms with van der Waals surface area (Å²) in [5.41, 5.74) is 4.91. The first-order chi connectivity index (χ1) is 11.8. The molecular weight excluding hydrogens is 334 g/mol. The predicted octanol–water partition coefficient (Wildman–Crippen LogP) is 5.17. The van der Waals surface area contributed by atoms with Crippen LogP contribution in [-0.4, -0.2) is 15.1 Å². The first-order valence-electron chi connectivity index (χ1n) is 7.65. The minimum atomic E-state index is 0. The molecule has 2 heterocycles. The van der Waals surface area contributed by atoms with Gasteiger partial charge in [0.2, 0.25) is 0 Å². The fourth-order valence-electron chi connectivity index (χ4n) is 2.72. The average Bonchev–Trinajstić information content (AvgIpc) is 2.62. The van der Waals surface area contributed by atoms with Gasteiger partial charge in [0, 0.05) is 41.4 Å². The van der Waals surface area contributed by atoms with Crippen molar-refractivity contribution in [2.45, 2.75) is 0 Å². The van der Waals surface area contributed by atoms with Crippen molar-refractivity contribution in [2.24, 2.45) is 0 Å². The smallest absolute Gasteiger partial charge is 0.117 e. The Balaban J connectivity index is 0.00000182. The van der Waals surface area contributed by atoms with Gasteiger partial charge in [-0.2, -0.15) is 0 Å². The second kappa shape index (κ2) is 7.20. The van der Waals surface area contributed by atoms with Gasteiger partial charge in [-0.05, 0) is 47.5 Å². The van der Waals surface area contributed by atoms with E-state index in [1.54, 1.807) is 30.7 Å². The summed E-state index contributed by atoms with van der Waals surface area (Å²) in [6.45, 7) is 0. The fourth-order valence-corrected chi connectivity index (χ4v) is 2.72. The number of nitrogens with one attached hydrogen (secondary N) is 1. The van der Waals surface area contributed by atoms with Crippen molar-refractivity contribution in [3.05, 3.63) is 79.3 Å². The molecule has 2 aromatic carbocycles. The second-order valence-corrected chi connectivity index (χ2v) is 5.50. The molecular formula is C20H16ClN3O. The van der Waals surface area contributed by atoms with Crippen LogP contribution in [0.2, 0.25) is 0 Å². The van der Waals surface area contributed by atoms with Crippen LogP contribution >= 0.6 is 12.4 Å². The molecule has 2 aromatic heterocycles. The number of aromatic hydroxyl groups is 1. The summed E-state index contributed by atoms with van der Waals surface area (Å²) < 4.78 is 0. The van der Waals surface area contributed by atoms with E-state index in [2.05, 4.69) is 33.5 Å². The number of phenols is 1. The highest BCUT2D eigenvalue weighted by Crippen LogP contribution is 2.29. The van der Waals surface area contributed by atoms with Gasteiger partial charge in [-0.1, -0.05) is 18.2 Å². The highest BCUT2D eigenvalue weighted by atomic mass is 35.5. The van der Waals surface area contributed by atoms with Gasteiger partial charge in [-0.15, -0.1) is 12.4 Å². The van der Waals surface area contributed by atoms with Crippen molar-refractivity contribution in [3.8, 4) is 16.9 Å². The Morgan fingerprint density at radius 3 is 2.44 bits per heavy atom. The minimum Gasteiger partial charge on any atom is -0.508 e. The molecule has 0 unspecified atom stereocenters. The molecule has 0 spiro atoms. The van der Waals surface area contributed by atoms with E-state index >= 15 is 0 Å². The van der Waals surface area contributed by atoms with Gasteiger partial charge in [0.15, 0.2) is 0 Å². The summed E-state index contributed by atoms with van der Waals surface area (Å²) in [6, 6.07) is 19.2. The molecule has 0 fully saturated rings. The van der Waals surface area contributed by atoms with E-state index in [-0.39, 0.29) is 18.2 Å². The number of aromatic nitrogens is 2. The van der Waals surface area contributed by atoms with Crippen LogP contribution in [0.5, 0.6) is 5.75 Å². The Bertz CT molecular complexity index is 1010. The minimum absolute atomic E-state index is 0. The Labute approximate surface area is 151 Å². The molecule has 4 aromatic rings. The zero-order valence-electron chi connectivity index (χ0n) is 13.3. The van der Waals surface area contributed by atoms with Gasteiger partial charge in [0.1, 0.15) is 5.75 Å². The number of hydrogen-bond donors (Lipinski definition) is 2. The SMILES string of the molecule is Cl.Oc1cccc(Nc2ccnc3cc(-c4ccncc4)ccc23)c1. The summed E-state index contributed by atoms with van der Waals surface area (Å²) >= 11 is 0. The van der Waals surface area contributed by atoms with E-state index in [1.165, 1.54) is 0 Å². The van der Waals surface area contributed by atoms with Crippen molar-refractivity contribution in [2.75, 3.05) is 5.32 Å². The van der Waals surface area contributed by atoms with E-state index in [0.717, 1.165) is 33.4 Å². The van der Waals surface area contributed by atoms with Crippen LogP contribution in [0.1, 0.15) is 0 Å². The molecule has 25 heavy (non-hydrogen) atoms. The van der Waals surface area contributed by atoms with Crippen molar-refractivity contribution < 1.29 is 5.11 Å².